The summed E-state index contributed by atoms with van der Waals surface area (Å²) in [5.74, 6) is -0.880. The molecule has 0 aliphatic heterocycles. The molecule has 3 aromatic rings. The number of hydrogen-bond acceptors (Lipinski definition) is 5. The zero-order chi connectivity index (χ0) is 41.5. The summed E-state index contributed by atoms with van der Waals surface area (Å²) in [6, 6.07) is 17.6. The van der Waals surface area contributed by atoms with Gasteiger partial charge >= 0.3 is 5.97 Å². The molecule has 0 heterocycles. The van der Waals surface area contributed by atoms with Gasteiger partial charge in [-0.05, 0) is 59.7 Å². The van der Waals surface area contributed by atoms with Gasteiger partial charge in [0, 0.05) is 37.9 Å². The van der Waals surface area contributed by atoms with Crippen LogP contribution in [0.15, 0.2) is 54.6 Å². The van der Waals surface area contributed by atoms with Crippen LogP contribution in [0.3, 0.4) is 0 Å². The van der Waals surface area contributed by atoms with Gasteiger partial charge in [0.05, 0.1) is 0 Å². The van der Waals surface area contributed by atoms with Crippen LogP contribution in [0, 0.1) is 0 Å². The second-order valence-corrected chi connectivity index (χ2v) is 16.3. The molecule has 3 N–H and O–H groups in total. The lowest BCUT2D eigenvalue weighted by Gasteiger charge is -2.18. The number of ether oxygens (including phenoxy) is 1. The number of unbranched alkanes of at least 4 members (excludes halogenated alkanes) is 19. The van der Waals surface area contributed by atoms with Crippen molar-refractivity contribution >= 4 is 45.2 Å². The Kier molecular flexibility index (Phi) is 25.9. The molecular formula is C50H77N3O5. The monoisotopic (exact) mass is 800 g/mol. The van der Waals surface area contributed by atoms with E-state index in [1.165, 1.54) is 96.3 Å². The zero-order valence-corrected chi connectivity index (χ0v) is 36.3. The normalized spacial score (nSPS) is 11.8. The van der Waals surface area contributed by atoms with E-state index in [2.05, 4.69) is 60.1 Å². The van der Waals surface area contributed by atoms with Crippen molar-refractivity contribution in [2.24, 2.45) is 0 Å². The number of rotatable bonds is 34. The molecule has 3 rings (SSSR count). The van der Waals surface area contributed by atoms with Crippen molar-refractivity contribution in [2.45, 2.75) is 193 Å². The van der Waals surface area contributed by atoms with Crippen LogP contribution in [-0.4, -0.2) is 42.8 Å². The Bertz CT molecular complexity index is 1550. The largest absolute Gasteiger partial charge is 0.461 e. The standard InChI is InChI=1S/C50H77N3O5/c1-3-5-7-9-11-13-15-17-19-27-37-51-47(54)36-35-46(50(57)52-38-28-20-18-16-14-12-10-8-6-4-2)53-48(55)33-25-26-34-49(56)58-40-45-43-31-23-21-29-41(43)39-42-30-22-24-32-44(42)45/h21-24,29-32,39,46H,3-20,25-28,33-38,40H2,1-2H3,(H,51,54)(H,52,57)(H,53,55). The first-order chi connectivity index (χ1) is 28.4. The Morgan fingerprint density at radius 2 is 0.983 bits per heavy atom. The molecule has 322 valence electrons. The predicted molar refractivity (Wildman–Crippen MR) is 241 cm³/mol. The molecule has 0 spiro atoms. The number of benzene rings is 3. The molecule has 0 aliphatic rings. The summed E-state index contributed by atoms with van der Waals surface area (Å²) in [4.78, 5) is 51.8. The first-order valence-electron chi connectivity index (χ1n) is 23.3. The second-order valence-electron chi connectivity index (χ2n) is 16.3. The lowest BCUT2D eigenvalue weighted by molar-refractivity contribution is -0.145. The Morgan fingerprint density at radius 1 is 0.517 bits per heavy atom. The van der Waals surface area contributed by atoms with Crippen molar-refractivity contribution in [1.29, 1.82) is 0 Å². The summed E-state index contributed by atoms with van der Waals surface area (Å²) in [5, 5.41) is 13.3. The van der Waals surface area contributed by atoms with Crippen LogP contribution in [0.4, 0.5) is 0 Å². The molecule has 8 heteroatoms. The van der Waals surface area contributed by atoms with E-state index in [0.717, 1.165) is 59.2 Å². The summed E-state index contributed by atoms with van der Waals surface area (Å²) in [6.45, 7) is 5.87. The number of carbonyl (C=O) groups is 4. The van der Waals surface area contributed by atoms with Crippen LogP contribution in [0.1, 0.15) is 186 Å². The maximum Gasteiger partial charge on any atom is 0.306 e. The van der Waals surface area contributed by atoms with Crippen LogP contribution in [0.2, 0.25) is 0 Å². The van der Waals surface area contributed by atoms with E-state index in [1.807, 2.05) is 24.3 Å². The summed E-state index contributed by atoms with van der Waals surface area (Å²) >= 11 is 0. The van der Waals surface area contributed by atoms with Crippen molar-refractivity contribution in [2.75, 3.05) is 13.1 Å². The van der Waals surface area contributed by atoms with E-state index in [9.17, 15) is 19.2 Å². The fourth-order valence-electron chi connectivity index (χ4n) is 7.73. The van der Waals surface area contributed by atoms with Crippen LogP contribution >= 0.6 is 0 Å². The molecule has 1 unspecified atom stereocenters. The van der Waals surface area contributed by atoms with Crippen LogP contribution < -0.4 is 16.0 Å². The molecule has 3 amide bonds. The van der Waals surface area contributed by atoms with E-state index in [4.69, 9.17) is 4.74 Å². The highest BCUT2D eigenvalue weighted by Crippen LogP contribution is 2.29. The van der Waals surface area contributed by atoms with Crippen LogP contribution in [0.25, 0.3) is 21.5 Å². The molecule has 0 aromatic heterocycles. The van der Waals surface area contributed by atoms with Gasteiger partial charge in [0.1, 0.15) is 12.6 Å². The lowest BCUT2D eigenvalue weighted by Crippen LogP contribution is -2.47. The van der Waals surface area contributed by atoms with Gasteiger partial charge in [-0.1, -0.05) is 178 Å². The van der Waals surface area contributed by atoms with Crippen molar-refractivity contribution in [3.63, 3.8) is 0 Å². The highest BCUT2D eigenvalue weighted by atomic mass is 16.5. The SMILES string of the molecule is CCCCCCCCCCCCNC(=O)CCC(NC(=O)CCCCC(=O)OCc1c2ccccc2cc2ccccc12)C(=O)NCCCCCCCCCCCC. The Labute approximate surface area is 350 Å². The van der Waals surface area contributed by atoms with Crippen molar-refractivity contribution < 1.29 is 23.9 Å². The molecule has 3 aromatic carbocycles. The fraction of sp³-hybridized carbons (Fsp3) is 0.640. The van der Waals surface area contributed by atoms with Gasteiger partial charge in [-0.2, -0.15) is 0 Å². The third kappa shape index (κ3) is 20.7. The minimum atomic E-state index is -0.779. The first-order valence-corrected chi connectivity index (χ1v) is 23.3. The molecular weight excluding hydrogens is 723 g/mol. The van der Waals surface area contributed by atoms with Crippen LogP contribution in [0.5, 0.6) is 0 Å². The molecule has 0 fully saturated rings. The van der Waals surface area contributed by atoms with Gasteiger partial charge in [-0.25, -0.2) is 0 Å². The quantitative estimate of drug-likeness (QED) is 0.0316. The average Bonchev–Trinajstić information content (AvgIpc) is 3.23. The predicted octanol–water partition coefficient (Wildman–Crippen LogP) is 11.9. The Hall–Kier alpha value is -3.94. The minimum absolute atomic E-state index is 0.0901. The van der Waals surface area contributed by atoms with E-state index in [0.29, 0.717) is 25.9 Å². The average molecular weight is 800 g/mol. The topological polar surface area (TPSA) is 114 Å². The molecule has 0 radical (unpaired) electrons. The molecule has 1 atom stereocenters. The van der Waals surface area contributed by atoms with E-state index in [1.54, 1.807) is 0 Å². The number of carbonyl (C=O) groups excluding carboxylic acids is 4. The highest BCUT2D eigenvalue weighted by molar-refractivity contribution is 6.02. The summed E-state index contributed by atoms with van der Waals surface area (Å²) in [5.41, 5.74) is 0.992. The van der Waals surface area contributed by atoms with Crippen LogP contribution in [-0.2, 0) is 30.5 Å². The van der Waals surface area contributed by atoms with Crippen molar-refractivity contribution in [1.82, 2.24) is 16.0 Å². The smallest absolute Gasteiger partial charge is 0.306 e. The highest BCUT2D eigenvalue weighted by Gasteiger charge is 2.22. The number of amides is 3. The second kappa shape index (κ2) is 31.0. The van der Waals surface area contributed by atoms with Crippen molar-refractivity contribution in [3.05, 3.63) is 60.2 Å². The molecule has 0 saturated carbocycles. The number of fused-ring (bicyclic) bond motifs is 2. The third-order valence-electron chi connectivity index (χ3n) is 11.3. The Balaban J connectivity index is 1.38. The van der Waals surface area contributed by atoms with E-state index in [-0.39, 0.29) is 56.0 Å². The number of esters is 1. The van der Waals surface area contributed by atoms with Gasteiger partial charge in [0.25, 0.3) is 0 Å². The maximum atomic E-state index is 13.3. The molecule has 0 bridgehead atoms. The van der Waals surface area contributed by atoms with Gasteiger partial charge in [0.2, 0.25) is 17.7 Å². The minimum Gasteiger partial charge on any atom is -0.461 e. The molecule has 0 aliphatic carbocycles. The van der Waals surface area contributed by atoms with Gasteiger partial charge < -0.3 is 20.7 Å². The van der Waals surface area contributed by atoms with Gasteiger partial charge in [0.15, 0.2) is 0 Å². The summed E-state index contributed by atoms with van der Waals surface area (Å²) in [6.07, 6.45) is 26.4. The Morgan fingerprint density at radius 3 is 1.52 bits per heavy atom. The third-order valence-corrected chi connectivity index (χ3v) is 11.3. The molecule has 8 nitrogen and oxygen atoms in total. The summed E-state index contributed by atoms with van der Waals surface area (Å²) < 4.78 is 5.74. The first kappa shape index (κ1) is 48.4. The number of hydrogen-bond donors (Lipinski definition) is 3. The van der Waals surface area contributed by atoms with Gasteiger partial charge in [-0.3, -0.25) is 19.2 Å². The number of nitrogens with one attached hydrogen (secondary N) is 3. The maximum absolute atomic E-state index is 13.3. The lowest BCUT2D eigenvalue weighted by atomic mass is 9.97. The van der Waals surface area contributed by atoms with E-state index < -0.39 is 6.04 Å². The molecule has 0 saturated heterocycles. The van der Waals surface area contributed by atoms with E-state index >= 15 is 0 Å². The fourth-order valence-corrected chi connectivity index (χ4v) is 7.73. The zero-order valence-electron chi connectivity index (χ0n) is 36.3. The summed E-state index contributed by atoms with van der Waals surface area (Å²) in [7, 11) is 0. The van der Waals surface area contributed by atoms with Crippen molar-refractivity contribution in [3.8, 4) is 0 Å². The molecule has 58 heavy (non-hydrogen) atoms. The van der Waals surface area contributed by atoms with Gasteiger partial charge in [-0.15, -0.1) is 0 Å².